The van der Waals surface area contributed by atoms with Gasteiger partial charge in [0.25, 0.3) is 0 Å². The first-order valence-corrected chi connectivity index (χ1v) is 7.24. The van der Waals surface area contributed by atoms with Gasteiger partial charge in [-0.05, 0) is 18.2 Å². The van der Waals surface area contributed by atoms with Crippen molar-refractivity contribution in [3.8, 4) is 11.3 Å². The van der Waals surface area contributed by atoms with E-state index in [0.717, 1.165) is 16.0 Å². The number of aromatic amines is 1. The van der Waals surface area contributed by atoms with E-state index >= 15 is 0 Å². The predicted octanol–water partition coefficient (Wildman–Crippen LogP) is 3.02. The maximum Gasteiger partial charge on any atom is 0.349 e. The molecule has 0 radical (unpaired) electrons. The second-order valence-corrected chi connectivity index (χ2v) is 5.94. The van der Waals surface area contributed by atoms with Gasteiger partial charge in [-0.2, -0.15) is 5.10 Å². The molecular weight excluding hydrogens is 298 g/mol. The summed E-state index contributed by atoms with van der Waals surface area (Å²) < 4.78 is 5.47. The SMILES string of the molecule is Nc1n[nH]c2c3c(oc(=O)c12)-c1cc(Cl)ccc1SC3. The minimum absolute atomic E-state index is 0.165. The van der Waals surface area contributed by atoms with Crippen LogP contribution in [0.2, 0.25) is 5.02 Å². The molecule has 0 aliphatic carbocycles. The summed E-state index contributed by atoms with van der Waals surface area (Å²) in [7, 11) is 0. The van der Waals surface area contributed by atoms with Gasteiger partial charge in [0.15, 0.2) is 5.82 Å². The van der Waals surface area contributed by atoms with E-state index in [-0.39, 0.29) is 5.82 Å². The van der Waals surface area contributed by atoms with Crippen molar-refractivity contribution in [2.24, 2.45) is 0 Å². The maximum absolute atomic E-state index is 12.1. The number of hydrogen-bond donors (Lipinski definition) is 2. The zero-order valence-corrected chi connectivity index (χ0v) is 11.6. The van der Waals surface area contributed by atoms with E-state index in [4.69, 9.17) is 21.8 Å². The Morgan fingerprint density at radius 1 is 1.45 bits per heavy atom. The minimum Gasteiger partial charge on any atom is -0.422 e. The summed E-state index contributed by atoms with van der Waals surface area (Å²) in [5.41, 5.74) is 7.58. The fourth-order valence-electron chi connectivity index (χ4n) is 2.41. The van der Waals surface area contributed by atoms with Crippen molar-refractivity contribution in [2.45, 2.75) is 10.6 Å². The van der Waals surface area contributed by atoms with E-state index in [1.807, 2.05) is 12.1 Å². The summed E-state index contributed by atoms with van der Waals surface area (Å²) in [5, 5.41) is 7.63. The molecule has 5 nitrogen and oxygen atoms in total. The van der Waals surface area contributed by atoms with E-state index in [9.17, 15) is 4.79 Å². The molecule has 3 N–H and O–H groups in total. The van der Waals surface area contributed by atoms with Gasteiger partial charge in [-0.25, -0.2) is 4.79 Å². The first-order chi connectivity index (χ1) is 9.65. The predicted molar refractivity (Wildman–Crippen MR) is 79.0 cm³/mol. The second-order valence-electron chi connectivity index (χ2n) is 4.49. The van der Waals surface area contributed by atoms with E-state index in [1.54, 1.807) is 17.8 Å². The molecule has 7 heteroatoms. The number of aromatic nitrogens is 2. The largest absolute Gasteiger partial charge is 0.422 e. The summed E-state index contributed by atoms with van der Waals surface area (Å²) in [6.45, 7) is 0. The first-order valence-electron chi connectivity index (χ1n) is 5.87. The Morgan fingerprint density at radius 2 is 2.30 bits per heavy atom. The van der Waals surface area contributed by atoms with Gasteiger partial charge in [-0.15, -0.1) is 11.8 Å². The van der Waals surface area contributed by atoms with Crippen LogP contribution in [-0.2, 0) is 5.75 Å². The molecule has 2 aromatic heterocycles. The van der Waals surface area contributed by atoms with Gasteiger partial charge in [0.1, 0.15) is 11.1 Å². The molecule has 100 valence electrons. The van der Waals surface area contributed by atoms with Gasteiger partial charge in [0, 0.05) is 26.8 Å². The van der Waals surface area contributed by atoms with Crippen LogP contribution in [0.1, 0.15) is 5.56 Å². The minimum atomic E-state index is -0.483. The Labute approximate surface area is 122 Å². The number of nitrogens with two attached hydrogens (primary N) is 1. The number of halogens is 1. The Morgan fingerprint density at radius 3 is 3.15 bits per heavy atom. The highest BCUT2D eigenvalue weighted by molar-refractivity contribution is 7.98. The van der Waals surface area contributed by atoms with Crippen molar-refractivity contribution in [3.05, 3.63) is 39.2 Å². The van der Waals surface area contributed by atoms with Gasteiger partial charge >= 0.3 is 5.63 Å². The maximum atomic E-state index is 12.1. The van der Waals surface area contributed by atoms with Crippen LogP contribution >= 0.6 is 23.4 Å². The summed E-state index contributed by atoms with van der Waals surface area (Å²) in [4.78, 5) is 13.1. The Hall–Kier alpha value is -1.92. The van der Waals surface area contributed by atoms with Gasteiger partial charge in [0.2, 0.25) is 0 Å². The molecule has 20 heavy (non-hydrogen) atoms. The number of H-pyrrole nitrogens is 1. The van der Waals surface area contributed by atoms with Crippen molar-refractivity contribution in [2.75, 3.05) is 5.73 Å². The number of nitrogens with one attached hydrogen (secondary N) is 1. The molecule has 0 spiro atoms. The highest BCUT2D eigenvalue weighted by Crippen LogP contribution is 2.44. The van der Waals surface area contributed by atoms with Crippen molar-refractivity contribution < 1.29 is 4.42 Å². The molecule has 3 aromatic rings. The normalized spacial score (nSPS) is 13.2. The van der Waals surface area contributed by atoms with E-state index in [2.05, 4.69) is 10.2 Å². The van der Waals surface area contributed by atoms with Crippen molar-refractivity contribution in [1.82, 2.24) is 10.2 Å². The lowest BCUT2D eigenvalue weighted by molar-refractivity contribution is 0.529. The smallest absolute Gasteiger partial charge is 0.349 e. The lowest BCUT2D eigenvalue weighted by Crippen LogP contribution is -2.07. The van der Waals surface area contributed by atoms with Gasteiger partial charge < -0.3 is 10.2 Å². The van der Waals surface area contributed by atoms with Crippen LogP contribution < -0.4 is 11.4 Å². The van der Waals surface area contributed by atoms with Crippen LogP contribution in [0.5, 0.6) is 0 Å². The Kier molecular flexibility index (Phi) is 2.40. The van der Waals surface area contributed by atoms with Crippen LogP contribution in [0.15, 0.2) is 32.3 Å². The molecular formula is C13H8ClN3O2S. The molecule has 4 rings (SSSR count). The lowest BCUT2D eigenvalue weighted by Gasteiger charge is -2.17. The first kappa shape index (κ1) is 11.9. The van der Waals surface area contributed by atoms with Crippen LogP contribution in [-0.4, -0.2) is 10.2 Å². The summed E-state index contributed by atoms with van der Waals surface area (Å²) in [6.07, 6.45) is 0. The van der Waals surface area contributed by atoms with Gasteiger partial charge in [-0.3, -0.25) is 5.10 Å². The molecule has 0 saturated carbocycles. The quantitative estimate of drug-likeness (QED) is 0.667. The third kappa shape index (κ3) is 1.52. The highest BCUT2D eigenvalue weighted by Gasteiger charge is 2.25. The van der Waals surface area contributed by atoms with E-state index < -0.39 is 5.63 Å². The fraction of sp³-hybridized carbons (Fsp3) is 0.0769. The summed E-state index contributed by atoms with van der Waals surface area (Å²) in [6, 6.07) is 5.55. The number of hydrogen-bond acceptors (Lipinski definition) is 5. The third-order valence-electron chi connectivity index (χ3n) is 3.33. The van der Waals surface area contributed by atoms with Crippen LogP contribution in [0.3, 0.4) is 0 Å². The summed E-state index contributed by atoms with van der Waals surface area (Å²) >= 11 is 7.70. The average molecular weight is 306 g/mol. The summed E-state index contributed by atoms with van der Waals surface area (Å²) in [5.74, 6) is 1.40. The van der Waals surface area contributed by atoms with Gasteiger partial charge in [-0.1, -0.05) is 11.6 Å². The third-order valence-corrected chi connectivity index (χ3v) is 4.66. The molecule has 0 saturated heterocycles. The molecule has 1 aromatic carbocycles. The molecule has 0 amide bonds. The molecule has 0 unspecified atom stereocenters. The topological polar surface area (TPSA) is 84.9 Å². The number of fused-ring (bicyclic) bond motifs is 5. The van der Waals surface area contributed by atoms with Gasteiger partial charge in [0.05, 0.1) is 5.52 Å². The van der Waals surface area contributed by atoms with E-state index in [0.29, 0.717) is 27.4 Å². The Bertz CT molecular complexity index is 916. The fourth-order valence-corrected chi connectivity index (χ4v) is 3.63. The number of nitrogen functional groups attached to an aromatic ring is 1. The lowest BCUT2D eigenvalue weighted by atomic mass is 10.1. The number of rotatable bonds is 0. The average Bonchev–Trinajstić information content (AvgIpc) is 2.82. The molecule has 3 heterocycles. The monoisotopic (exact) mass is 305 g/mol. The van der Waals surface area contributed by atoms with Crippen molar-refractivity contribution >= 4 is 40.1 Å². The van der Waals surface area contributed by atoms with Crippen LogP contribution in [0.4, 0.5) is 5.82 Å². The van der Waals surface area contributed by atoms with E-state index in [1.165, 1.54) is 0 Å². The number of thioether (sulfide) groups is 1. The Balaban J connectivity index is 2.14. The molecule has 0 fully saturated rings. The standard InChI is InChI=1S/C13H8ClN3O2S/c14-5-1-2-8-6(3-5)11-7(4-20-8)10-9(13(18)19-11)12(15)17-16-10/h1-3H,4H2,(H3,15,16,17). The molecule has 1 aliphatic heterocycles. The zero-order chi connectivity index (χ0) is 13.9. The molecule has 0 atom stereocenters. The van der Waals surface area contributed by atoms with Crippen molar-refractivity contribution in [1.29, 1.82) is 0 Å². The highest BCUT2D eigenvalue weighted by atomic mass is 35.5. The molecule has 1 aliphatic rings. The van der Waals surface area contributed by atoms with Crippen LogP contribution in [0, 0.1) is 0 Å². The van der Waals surface area contributed by atoms with Crippen LogP contribution in [0.25, 0.3) is 22.2 Å². The zero-order valence-electron chi connectivity index (χ0n) is 10.1. The number of benzene rings is 1. The number of anilines is 1. The number of nitrogens with zero attached hydrogens (tertiary/aromatic N) is 1. The molecule has 0 bridgehead atoms. The second kappa shape index (κ2) is 4.04. The van der Waals surface area contributed by atoms with Crippen molar-refractivity contribution in [3.63, 3.8) is 0 Å².